The van der Waals surface area contributed by atoms with Gasteiger partial charge in [-0.3, -0.25) is 29.7 Å². The van der Waals surface area contributed by atoms with E-state index in [1.54, 1.807) is 0 Å². The van der Waals surface area contributed by atoms with E-state index in [1.807, 2.05) is 58.2 Å². The van der Waals surface area contributed by atoms with Crippen LogP contribution in [0.25, 0.3) is 33.4 Å². The number of aromatic nitrogens is 5. The number of aryl methyl sites for hydroxylation is 1. The summed E-state index contributed by atoms with van der Waals surface area (Å²) in [6, 6.07) is 22.8. The first-order valence-corrected chi connectivity index (χ1v) is 20.0. The summed E-state index contributed by atoms with van der Waals surface area (Å²) >= 11 is 6.62. The molecule has 0 bridgehead atoms. The smallest absolute Gasteiger partial charge is 0.292 e. The molecule has 58 heavy (non-hydrogen) atoms. The van der Waals surface area contributed by atoms with E-state index < -0.39 is 0 Å². The van der Waals surface area contributed by atoms with Crippen molar-refractivity contribution in [1.82, 2.24) is 40.9 Å². The normalized spacial score (nSPS) is 16.5. The number of piperazine rings is 1. The zero-order chi connectivity index (χ0) is 40.6. The number of carbonyl (C=O) groups excluding carboxylic acids is 3. The predicted molar refractivity (Wildman–Crippen MR) is 223 cm³/mol. The molecule has 3 aromatic carbocycles. The maximum atomic E-state index is 12.7. The van der Waals surface area contributed by atoms with Crippen LogP contribution in [0.1, 0.15) is 78.3 Å². The van der Waals surface area contributed by atoms with Gasteiger partial charge in [-0.15, -0.1) is 0 Å². The molecule has 2 aliphatic rings. The quantitative estimate of drug-likeness (QED) is 0.127. The molecule has 1 atom stereocenters. The monoisotopic (exact) mass is 799 g/mol. The molecule has 2 aliphatic heterocycles. The van der Waals surface area contributed by atoms with Crippen molar-refractivity contribution in [2.75, 3.05) is 37.6 Å². The lowest BCUT2D eigenvalue weighted by molar-refractivity contribution is -0.134. The second kappa shape index (κ2) is 16.1. The summed E-state index contributed by atoms with van der Waals surface area (Å²) < 4.78 is 5.27. The number of benzene rings is 3. The Balaban J connectivity index is 0.859. The highest BCUT2D eigenvalue weighted by Crippen LogP contribution is 2.33. The molecule has 0 aliphatic carbocycles. The van der Waals surface area contributed by atoms with Crippen LogP contribution in [0.5, 0.6) is 0 Å². The van der Waals surface area contributed by atoms with Gasteiger partial charge in [0.25, 0.3) is 11.7 Å². The first-order valence-electron chi connectivity index (χ1n) is 19.7. The molecule has 0 spiro atoms. The Kier molecular flexibility index (Phi) is 10.8. The Morgan fingerprint density at radius 2 is 1.74 bits per heavy atom. The van der Waals surface area contributed by atoms with Crippen molar-refractivity contribution in [2.45, 2.75) is 64.8 Å². The molecule has 6 aromatic rings. The van der Waals surface area contributed by atoms with Gasteiger partial charge in [0.1, 0.15) is 5.69 Å². The highest BCUT2D eigenvalue weighted by atomic mass is 35.5. The molecule has 2 saturated heterocycles. The summed E-state index contributed by atoms with van der Waals surface area (Å²) in [5.74, 6) is -0.823. The van der Waals surface area contributed by atoms with E-state index in [0.29, 0.717) is 35.9 Å². The number of carbonyl (C=O) groups is 3. The van der Waals surface area contributed by atoms with Crippen LogP contribution in [0.4, 0.5) is 5.69 Å². The molecule has 5 heterocycles. The van der Waals surface area contributed by atoms with E-state index in [1.165, 1.54) is 5.69 Å². The number of pyridine rings is 1. The van der Waals surface area contributed by atoms with Gasteiger partial charge in [-0.25, -0.2) is 4.98 Å². The van der Waals surface area contributed by atoms with E-state index in [4.69, 9.17) is 21.1 Å². The lowest BCUT2D eigenvalue weighted by atomic mass is 9.89. The molecular formula is C44H46ClN9O4. The fourth-order valence-corrected chi connectivity index (χ4v) is 7.91. The summed E-state index contributed by atoms with van der Waals surface area (Å²) in [5.41, 5.74) is 9.31. The minimum atomic E-state index is -0.386. The number of anilines is 1. The average molecular weight is 800 g/mol. The Morgan fingerprint density at radius 3 is 2.45 bits per heavy atom. The van der Waals surface area contributed by atoms with Gasteiger partial charge in [0, 0.05) is 84.5 Å². The van der Waals surface area contributed by atoms with Gasteiger partial charge < -0.3 is 14.7 Å². The number of fused-ring (bicyclic) bond motifs is 1. The van der Waals surface area contributed by atoms with Crippen LogP contribution >= 0.6 is 11.6 Å². The number of halogens is 1. The number of piperidine rings is 1. The Labute approximate surface area is 341 Å². The Hall–Kier alpha value is -5.92. The number of rotatable bonds is 10. The third kappa shape index (κ3) is 8.37. The number of hydrogen-bond donors (Lipinski definition) is 3. The molecule has 13 nitrogen and oxygen atoms in total. The van der Waals surface area contributed by atoms with Gasteiger partial charge in [0.05, 0.1) is 5.92 Å². The molecule has 2 fully saturated rings. The number of nitrogens with one attached hydrogen (secondary N) is 3. The molecule has 298 valence electrons. The maximum absolute atomic E-state index is 12.7. The van der Waals surface area contributed by atoms with Crippen molar-refractivity contribution in [3.05, 3.63) is 112 Å². The van der Waals surface area contributed by atoms with Crippen LogP contribution in [0.15, 0.2) is 77.4 Å². The van der Waals surface area contributed by atoms with E-state index >= 15 is 0 Å². The van der Waals surface area contributed by atoms with E-state index in [2.05, 4.69) is 83.2 Å². The molecule has 3 N–H and O–H groups in total. The largest absolute Gasteiger partial charge is 0.369 e. The van der Waals surface area contributed by atoms with Gasteiger partial charge in [-0.2, -0.15) is 10.1 Å². The van der Waals surface area contributed by atoms with Crippen molar-refractivity contribution >= 4 is 46.0 Å². The van der Waals surface area contributed by atoms with Gasteiger partial charge in [-0.1, -0.05) is 73.9 Å². The van der Waals surface area contributed by atoms with Gasteiger partial charge in [0.2, 0.25) is 17.7 Å². The number of nitrogens with zero attached hydrogens (tertiary/aromatic N) is 6. The van der Waals surface area contributed by atoms with E-state index in [0.717, 1.165) is 89.2 Å². The summed E-state index contributed by atoms with van der Waals surface area (Å²) in [5, 5.41) is 18.4. The fraction of sp³-hybridized carbons (Fsp3) is 0.341. The van der Waals surface area contributed by atoms with Gasteiger partial charge in [-0.05, 0) is 77.9 Å². The maximum Gasteiger partial charge on any atom is 0.292 e. The van der Waals surface area contributed by atoms with E-state index in [9.17, 15) is 14.4 Å². The number of aromatic amines is 1. The summed E-state index contributed by atoms with van der Waals surface area (Å²) in [7, 11) is 0. The molecular weight excluding hydrogens is 754 g/mol. The summed E-state index contributed by atoms with van der Waals surface area (Å²) in [6.45, 7) is 12.9. The van der Waals surface area contributed by atoms with Crippen LogP contribution < -0.4 is 15.5 Å². The van der Waals surface area contributed by atoms with Gasteiger partial charge in [0.15, 0.2) is 5.65 Å². The molecule has 0 saturated carbocycles. The Bertz CT molecular complexity index is 2500. The van der Waals surface area contributed by atoms with Crippen molar-refractivity contribution in [2.24, 2.45) is 0 Å². The lowest BCUT2D eigenvalue weighted by Crippen LogP contribution is -2.47. The van der Waals surface area contributed by atoms with Crippen molar-refractivity contribution in [3.63, 3.8) is 0 Å². The van der Waals surface area contributed by atoms with Crippen molar-refractivity contribution in [3.8, 4) is 22.4 Å². The Morgan fingerprint density at radius 1 is 0.966 bits per heavy atom. The van der Waals surface area contributed by atoms with Crippen molar-refractivity contribution < 1.29 is 18.9 Å². The molecule has 3 amide bonds. The number of hydrogen-bond acceptors (Lipinski definition) is 10. The van der Waals surface area contributed by atoms with Crippen LogP contribution in [0, 0.1) is 6.92 Å². The fourth-order valence-electron chi connectivity index (χ4n) is 7.58. The predicted octanol–water partition coefficient (Wildman–Crippen LogP) is 6.75. The topological polar surface area (TPSA) is 162 Å². The van der Waals surface area contributed by atoms with Crippen molar-refractivity contribution in [1.29, 1.82) is 0 Å². The third-order valence-electron chi connectivity index (χ3n) is 11.1. The first-order chi connectivity index (χ1) is 27.9. The highest BCUT2D eigenvalue weighted by molar-refractivity contribution is 6.31. The molecule has 0 radical (unpaired) electrons. The second-order valence-corrected chi connectivity index (χ2v) is 16.6. The second-order valence-electron chi connectivity index (χ2n) is 16.2. The van der Waals surface area contributed by atoms with E-state index in [-0.39, 0.29) is 34.9 Å². The number of H-pyrrole nitrogens is 1. The van der Waals surface area contributed by atoms with Crippen LogP contribution in [-0.2, 0) is 28.0 Å². The SMILES string of the molecule is Cc1cc(-c2n[nH]c3ncc(-c4ccc(N5CCN(CCc6ccc(C7CCC(=O)NC7=O)c(Cl)c6)CC5)cc4)cc23)ccc1CNC(=O)c1noc(C(C)(C)C)n1. The lowest BCUT2D eigenvalue weighted by Gasteiger charge is -2.36. The number of imide groups is 1. The van der Waals surface area contributed by atoms with Gasteiger partial charge >= 0.3 is 0 Å². The zero-order valence-corrected chi connectivity index (χ0v) is 33.8. The third-order valence-corrected chi connectivity index (χ3v) is 11.4. The standard InChI is InChI=1S/C44H46ClN9O4/c1-26-21-29(6-7-30(26)24-47-42(57)40-49-43(58-52-40)44(2,3)4)38-35-23-31(25-46-39(35)51-50-38)28-8-10-32(11-9-28)54-19-17-53(18-20-54)16-15-27-5-12-33(36(45)22-27)34-13-14-37(55)48-41(34)56/h5-12,21-23,25,34H,13-20,24H2,1-4H3,(H,47,57)(H,46,50,51)(H,48,55,56). The highest BCUT2D eigenvalue weighted by Gasteiger charge is 2.30. The molecule has 3 aromatic heterocycles. The molecule has 8 rings (SSSR count). The molecule has 1 unspecified atom stereocenters. The minimum absolute atomic E-state index is 0.0207. The van der Waals surface area contributed by atoms with Crippen LogP contribution in [0.3, 0.4) is 0 Å². The average Bonchev–Trinajstić information content (AvgIpc) is 3.89. The number of amides is 3. The first kappa shape index (κ1) is 38.9. The van der Waals surface area contributed by atoms with Crippen LogP contribution in [0.2, 0.25) is 5.02 Å². The zero-order valence-electron chi connectivity index (χ0n) is 33.1. The minimum Gasteiger partial charge on any atom is -0.369 e. The summed E-state index contributed by atoms with van der Waals surface area (Å²) in [6.07, 6.45) is 3.56. The molecule has 14 heteroatoms. The van der Waals surface area contributed by atoms with Crippen LogP contribution in [-0.4, -0.2) is 80.7 Å². The summed E-state index contributed by atoms with van der Waals surface area (Å²) in [4.78, 5) is 50.5.